The standard InChI is InChI=1S/C26H31N3O5/c1-28-25(32)29(24(31)26(28)13-7-4-8-14-26)17-23(30)27-16-20-11-12-21(22(15-20)33-2)34-18-19-9-5-3-6-10-19/h3,5-6,9-12,15H,4,7-8,13-14,16-18H2,1-2H3,(H,27,30). The van der Waals surface area contributed by atoms with Crippen molar-refractivity contribution in [2.24, 2.45) is 0 Å². The Bertz CT molecular complexity index is 1050. The SMILES string of the molecule is COc1cc(CNC(=O)CN2C(=O)N(C)C3(CCCCC3)C2=O)ccc1OCc1ccccc1. The number of methoxy groups -OCH3 is 1. The Labute approximate surface area is 199 Å². The average Bonchev–Trinajstić information content (AvgIpc) is 3.03. The van der Waals surface area contributed by atoms with Gasteiger partial charge in [-0.15, -0.1) is 0 Å². The van der Waals surface area contributed by atoms with Crippen molar-refractivity contribution >= 4 is 17.8 Å². The molecule has 1 aliphatic heterocycles. The number of likely N-dealkylation sites (N-methyl/N-ethyl adjacent to an activating group) is 1. The van der Waals surface area contributed by atoms with Crippen molar-refractivity contribution in [1.29, 1.82) is 0 Å². The molecule has 1 spiro atoms. The van der Waals surface area contributed by atoms with Gasteiger partial charge in [-0.2, -0.15) is 0 Å². The predicted octanol–water partition coefficient (Wildman–Crippen LogP) is 3.49. The summed E-state index contributed by atoms with van der Waals surface area (Å²) in [7, 11) is 3.23. The fourth-order valence-electron chi connectivity index (χ4n) is 4.75. The number of urea groups is 1. The highest BCUT2D eigenvalue weighted by Gasteiger charge is 2.55. The summed E-state index contributed by atoms with van der Waals surface area (Å²) in [5, 5.41) is 2.80. The van der Waals surface area contributed by atoms with E-state index in [0.717, 1.165) is 35.3 Å². The van der Waals surface area contributed by atoms with E-state index in [1.807, 2.05) is 36.4 Å². The summed E-state index contributed by atoms with van der Waals surface area (Å²) in [5.74, 6) is 0.534. The number of hydrogen-bond acceptors (Lipinski definition) is 5. The maximum atomic E-state index is 13.1. The van der Waals surface area contributed by atoms with Crippen LogP contribution in [0.3, 0.4) is 0 Å². The highest BCUT2D eigenvalue weighted by Crippen LogP contribution is 2.39. The number of benzene rings is 2. The van der Waals surface area contributed by atoms with E-state index in [1.165, 1.54) is 4.90 Å². The van der Waals surface area contributed by atoms with Crippen LogP contribution in [0.2, 0.25) is 0 Å². The highest BCUT2D eigenvalue weighted by atomic mass is 16.5. The third-order valence-corrected chi connectivity index (χ3v) is 6.74. The molecule has 1 saturated heterocycles. The first kappa shape index (κ1) is 23.6. The Morgan fingerprint density at radius 1 is 1.00 bits per heavy atom. The van der Waals surface area contributed by atoms with E-state index in [4.69, 9.17) is 9.47 Å². The third-order valence-electron chi connectivity index (χ3n) is 6.74. The van der Waals surface area contributed by atoms with E-state index in [0.29, 0.717) is 30.9 Å². The van der Waals surface area contributed by atoms with Crippen molar-refractivity contribution in [3.63, 3.8) is 0 Å². The van der Waals surface area contributed by atoms with Crippen LogP contribution in [0.5, 0.6) is 11.5 Å². The minimum atomic E-state index is -0.779. The largest absolute Gasteiger partial charge is 0.493 e. The van der Waals surface area contributed by atoms with Crippen LogP contribution in [0.15, 0.2) is 48.5 Å². The van der Waals surface area contributed by atoms with Gasteiger partial charge >= 0.3 is 6.03 Å². The quantitative estimate of drug-likeness (QED) is 0.603. The van der Waals surface area contributed by atoms with Crippen molar-refractivity contribution in [2.75, 3.05) is 20.7 Å². The molecule has 34 heavy (non-hydrogen) atoms. The van der Waals surface area contributed by atoms with Gasteiger partial charge in [0.2, 0.25) is 5.91 Å². The Morgan fingerprint density at radius 3 is 2.44 bits per heavy atom. The van der Waals surface area contributed by atoms with E-state index in [2.05, 4.69) is 5.32 Å². The molecule has 4 amide bonds. The monoisotopic (exact) mass is 465 g/mol. The van der Waals surface area contributed by atoms with Crippen LogP contribution in [-0.4, -0.2) is 53.9 Å². The summed E-state index contributed by atoms with van der Waals surface area (Å²) in [6.45, 7) is 0.381. The molecular weight excluding hydrogens is 434 g/mol. The first-order valence-electron chi connectivity index (χ1n) is 11.6. The van der Waals surface area contributed by atoms with Crippen molar-refractivity contribution in [3.8, 4) is 11.5 Å². The van der Waals surface area contributed by atoms with Crippen LogP contribution in [0.1, 0.15) is 43.2 Å². The minimum Gasteiger partial charge on any atom is -0.493 e. The lowest BCUT2D eigenvalue weighted by Crippen LogP contribution is -2.49. The van der Waals surface area contributed by atoms with E-state index < -0.39 is 11.6 Å². The lowest BCUT2D eigenvalue weighted by molar-refractivity contribution is -0.137. The molecule has 2 aromatic rings. The zero-order chi connectivity index (χ0) is 24.1. The van der Waals surface area contributed by atoms with Gasteiger partial charge in [0.05, 0.1) is 7.11 Å². The van der Waals surface area contributed by atoms with Crippen LogP contribution in [0, 0.1) is 0 Å². The molecule has 0 radical (unpaired) electrons. The normalized spacial score (nSPS) is 17.2. The molecule has 1 aliphatic carbocycles. The number of nitrogens with one attached hydrogen (secondary N) is 1. The van der Waals surface area contributed by atoms with Gasteiger partial charge in [0.15, 0.2) is 11.5 Å². The highest BCUT2D eigenvalue weighted by molar-refractivity contribution is 6.08. The number of ether oxygens (including phenoxy) is 2. The minimum absolute atomic E-state index is 0.241. The number of carbonyl (C=O) groups excluding carboxylic acids is 3. The molecule has 0 unspecified atom stereocenters. The second-order valence-corrected chi connectivity index (χ2v) is 8.86. The molecule has 0 atom stereocenters. The fourth-order valence-corrected chi connectivity index (χ4v) is 4.75. The number of rotatable bonds is 8. The van der Waals surface area contributed by atoms with E-state index in [9.17, 15) is 14.4 Å². The Hall–Kier alpha value is -3.55. The molecule has 2 aromatic carbocycles. The summed E-state index contributed by atoms with van der Waals surface area (Å²) in [4.78, 5) is 41.0. The lowest BCUT2D eigenvalue weighted by atomic mass is 9.81. The molecule has 4 rings (SSSR count). The number of nitrogens with zero attached hydrogens (tertiary/aromatic N) is 2. The summed E-state index contributed by atoms with van der Waals surface area (Å²) in [5.41, 5.74) is 1.09. The number of hydrogen-bond donors (Lipinski definition) is 1. The van der Waals surface area contributed by atoms with Crippen LogP contribution in [-0.2, 0) is 22.7 Å². The maximum Gasteiger partial charge on any atom is 0.327 e. The second-order valence-electron chi connectivity index (χ2n) is 8.86. The van der Waals surface area contributed by atoms with Gasteiger partial charge in [-0.05, 0) is 36.1 Å². The Balaban J connectivity index is 1.33. The number of amides is 4. The molecule has 0 aromatic heterocycles. The van der Waals surface area contributed by atoms with Crippen molar-refractivity contribution in [2.45, 2.75) is 50.8 Å². The zero-order valence-electron chi connectivity index (χ0n) is 19.7. The maximum absolute atomic E-state index is 13.1. The van der Waals surface area contributed by atoms with Gasteiger partial charge in [0.1, 0.15) is 18.7 Å². The Kier molecular flexibility index (Phi) is 7.05. The molecular formula is C26H31N3O5. The Morgan fingerprint density at radius 2 is 1.74 bits per heavy atom. The van der Waals surface area contributed by atoms with Crippen molar-refractivity contribution in [1.82, 2.24) is 15.1 Å². The van der Waals surface area contributed by atoms with Crippen LogP contribution in [0.4, 0.5) is 4.79 Å². The van der Waals surface area contributed by atoms with Crippen LogP contribution < -0.4 is 14.8 Å². The molecule has 1 N–H and O–H groups in total. The van der Waals surface area contributed by atoms with Crippen LogP contribution >= 0.6 is 0 Å². The van der Waals surface area contributed by atoms with Crippen molar-refractivity contribution in [3.05, 3.63) is 59.7 Å². The van der Waals surface area contributed by atoms with E-state index in [-0.39, 0.29) is 24.9 Å². The smallest absolute Gasteiger partial charge is 0.327 e. The van der Waals surface area contributed by atoms with Gasteiger partial charge < -0.3 is 19.7 Å². The topological polar surface area (TPSA) is 88.2 Å². The molecule has 2 aliphatic rings. The molecule has 1 heterocycles. The molecule has 180 valence electrons. The predicted molar refractivity (Wildman–Crippen MR) is 126 cm³/mol. The number of carbonyl (C=O) groups is 3. The van der Waals surface area contributed by atoms with Crippen molar-refractivity contribution < 1.29 is 23.9 Å². The van der Waals surface area contributed by atoms with Gasteiger partial charge in [0, 0.05) is 13.6 Å². The van der Waals surface area contributed by atoms with Gasteiger partial charge in [-0.3, -0.25) is 14.5 Å². The van der Waals surface area contributed by atoms with Gasteiger partial charge in [0.25, 0.3) is 5.91 Å². The van der Waals surface area contributed by atoms with Gasteiger partial charge in [-0.25, -0.2) is 4.79 Å². The molecule has 2 fully saturated rings. The van der Waals surface area contributed by atoms with E-state index in [1.54, 1.807) is 26.3 Å². The summed E-state index contributed by atoms with van der Waals surface area (Å²) in [6, 6.07) is 14.9. The average molecular weight is 466 g/mol. The summed E-state index contributed by atoms with van der Waals surface area (Å²) < 4.78 is 11.3. The van der Waals surface area contributed by atoms with Gasteiger partial charge in [-0.1, -0.05) is 55.7 Å². The first-order chi connectivity index (χ1) is 16.4. The molecule has 8 nitrogen and oxygen atoms in total. The zero-order valence-corrected chi connectivity index (χ0v) is 19.7. The number of imide groups is 1. The molecule has 1 saturated carbocycles. The molecule has 8 heteroatoms. The fraction of sp³-hybridized carbons (Fsp3) is 0.423. The summed E-state index contributed by atoms with van der Waals surface area (Å²) >= 11 is 0. The molecule has 0 bridgehead atoms. The third kappa shape index (κ3) is 4.71. The van der Waals surface area contributed by atoms with Crippen LogP contribution in [0.25, 0.3) is 0 Å². The summed E-state index contributed by atoms with van der Waals surface area (Å²) in [6.07, 6.45) is 4.21. The lowest BCUT2D eigenvalue weighted by Gasteiger charge is -2.35. The first-order valence-corrected chi connectivity index (χ1v) is 11.6. The van der Waals surface area contributed by atoms with E-state index >= 15 is 0 Å². The second kappa shape index (κ2) is 10.2.